The Kier molecular flexibility index (Phi) is 20.0. The first-order valence-electron chi connectivity index (χ1n) is 26.1. The van der Waals surface area contributed by atoms with Crippen LogP contribution in [0.4, 0.5) is 0 Å². The maximum atomic E-state index is 11.0. The number of ether oxygens (including phenoxy) is 3. The highest BCUT2D eigenvalue weighted by Crippen LogP contribution is 2.44. The summed E-state index contributed by atoms with van der Waals surface area (Å²) in [4.78, 5) is 0. The second-order valence-electron chi connectivity index (χ2n) is 20.0. The maximum Gasteiger partial charge on any atom is 0.163 e. The zero-order valence-corrected chi connectivity index (χ0v) is 45.2. The molecule has 374 valence electrons. The van der Waals surface area contributed by atoms with Gasteiger partial charge in [-0.15, -0.1) is 0 Å². The predicted octanol–water partition coefficient (Wildman–Crippen LogP) is 15.7. The first kappa shape index (κ1) is 56.4. The molecule has 0 amide bonds. The van der Waals surface area contributed by atoms with Gasteiger partial charge in [0.05, 0.1) is 17.8 Å². The Bertz CT molecular complexity index is 2310. The van der Waals surface area contributed by atoms with E-state index in [1.807, 2.05) is 40.7 Å². The molecule has 4 aromatic carbocycles. The van der Waals surface area contributed by atoms with E-state index in [1.54, 1.807) is 0 Å². The van der Waals surface area contributed by atoms with Crippen LogP contribution >= 0.6 is 0 Å². The van der Waals surface area contributed by atoms with Gasteiger partial charge in [-0.25, -0.2) is 0 Å². The van der Waals surface area contributed by atoms with E-state index in [9.17, 15) is 15.3 Å². The summed E-state index contributed by atoms with van der Waals surface area (Å²) in [5, 5.41) is 31.8. The standard InChI is InChI=1S/C34H50O4.C28H40O2/c1-10-26(21-33(35,11-2)12-3)30-17-15-27(19-24(30)6)34(13-4,14-5)28-16-18-31(25(7)20-28)36-22-29-23-37-32(8,9)38-29;1-8-22(19-27(30,9-2)10-3)25-15-13-23(17-20(25)6)28(11-4,12-5)24-14-16-26(29)21(7)18-24/h15-21,29,35H,10-14,22-23H2,1-9H3;13-19,29-30H,8-12H2,1-7H3/b26-21+;22-19+/t29-;/m1./s1. The van der Waals surface area contributed by atoms with Gasteiger partial charge in [-0.05, 0) is 197 Å². The summed E-state index contributed by atoms with van der Waals surface area (Å²) in [6, 6.07) is 26.4. The monoisotopic (exact) mass is 931 g/mol. The molecule has 4 aromatic rings. The average Bonchev–Trinajstić information content (AvgIpc) is 3.70. The molecule has 0 aliphatic carbocycles. The van der Waals surface area contributed by atoms with Crippen molar-refractivity contribution >= 4 is 11.1 Å². The van der Waals surface area contributed by atoms with Crippen LogP contribution in [0.15, 0.2) is 84.9 Å². The fourth-order valence-electron chi connectivity index (χ4n) is 10.5. The summed E-state index contributed by atoms with van der Waals surface area (Å²) in [5.74, 6) is 0.707. The third-order valence-corrected chi connectivity index (χ3v) is 15.7. The van der Waals surface area contributed by atoms with E-state index in [0.717, 1.165) is 81.1 Å². The molecule has 68 heavy (non-hydrogen) atoms. The van der Waals surface area contributed by atoms with Crippen molar-refractivity contribution in [3.8, 4) is 11.5 Å². The first-order chi connectivity index (χ1) is 32.2. The van der Waals surface area contributed by atoms with Crippen LogP contribution in [0.2, 0.25) is 0 Å². The minimum Gasteiger partial charge on any atom is -0.508 e. The van der Waals surface area contributed by atoms with Crippen LogP contribution in [0.3, 0.4) is 0 Å². The van der Waals surface area contributed by atoms with E-state index in [4.69, 9.17) is 14.2 Å². The molecule has 3 N–H and O–H groups in total. The van der Waals surface area contributed by atoms with Crippen molar-refractivity contribution in [1.82, 2.24) is 0 Å². The number of hydrogen-bond acceptors (Lipinski definition) is 6. The highest BCUT2D eigenvalue weighted by molar-refractivity contribution is 5.71. The van der Waals surface area contributed by atoms with Crippen LogP contribution in [0.5, 0.6) is 11.5 Å². The lowest BCUT2D eigenvalue weighted by atomic mass is 9.69. The third kappa shape index (κ3) is 12.8. The van der Waals surface area contributed by atoms with Crippen LogP contribution in [-0.4, -0.2) is 51.6 Å². The Morgan fingerprint density at radius 3 is 1.26 bits per heavy atom. The number of aliphatic hydroxyl groups is 2. The van der Waals surface area contributed by atoms with Gasteiger partial charge >= 0.3 is 0 Å². The SMILES string of the molecule is CC/C(=C\C(O)(CC)CC)c1ccc(C(CC)(CC)c2ccc(O)c(C)c2)cc1C.CC/C(=C\C(O)(CC)CC)c1ccc(C(CC)(CC)c2ccc(OC[C@@H]3COC(C)(C)O3)c(C)c2)cc1C. The van der Waals surface area contributed by atoms with Crippen molar-refractivity contribution in [2.24, 2.45) is 0 Å². The molecular formula is C62H90O6. The number of rotatable bonds is 21. The topological polar surface area (TPSA) is 88.4 Å². The molecule has 5 rings (SSSR count). The summed E-state index contributed by atoms with van der Waals surface area (Å²) in [5.41, 5.74) is 13.0. The minimum absolute atomic E-state index is 0.0522. The van der Waals surface area contributed by atoms with E-state index in [1.165, 1.54) is 55.7 Å². The van der Waals surface area contributed by atoms with Crippen molar-refractivity contribution in [3.63, 3.8) is 0 Å². The Morgan fingerprint density at radius 1 is 0.559 bits per heavy atom. The summed E-state index contributed by atoms with van der Waals surface area (Å²) < 4.78 is 17.7. The van der Waals surface area contributed by atoms with Gasteiger partial charge in [-0.1, -0.05) is 130 Å². The number of phenols is 1. The predicted molar refractivity (Wildman–Crippen MR) is 287 cm³/mol. The van der Waals surface area contributed by atoms with Gasteiger partial charge in [-0.2, -0.15) is 0 Å². The lowest BCUT2D eigenvalue weighted by Gasteiger charge is -2.34. The van der Waals surface area contributed by atoms with Crippen LogP contribution < -0.4 is 4.74 Å². The Hall–Kier alpha value is -4.20. The number of allylic oxidation sites excluding steroid dienone is 2. The maximum absolute atomic E-state index is 11.0. The van der Waals surface area contributed by atoms with E-state index in [-0.39, 0.29) is 16.9 Å². The highest BCUT2D eigenvalue weighted by atomic mass is 16.7. The van der Waals surface area contributed by atoms with Gasteiger partial charge in [0.15, 0.2) is 5.79 Å². The van der Waals surface area contributed by atoms with Gasteiger partial charge in [0.25, 0.3) is 0 Å². The van der Waals surface area contributed by atoms with Gasteiger partial charge in [-0.3, -0.25) is 0 Å². The van der Waals surface area contributed by atoms with Crippen LogP contribution in [0.1, 0.15) is 203 Å². The summed E-state index contributed by atoms with van der Waals surface area (Å²) in [6.45, 7) is 35.0. The van der Waals surface area contributed by atoms with E-state index in [2.05, 4.69) is 155 Å². The number of phenolic OH excluding ortho intramolecular Hbond substituents is 1. The molecule has 0 aromatic heterocycles. The van der Waals surface area contributed by atoms with Crippen molar-refractivity contribution in [1.29, 1.82) is 0 Å². The summed E-state index contributed by atoms with van der Waals surface area (Å²) >= 11 is 0. The molecule has 1 saturated heterocycles. The number of aryl methyl sites for hydroxylation is 4. The molecule has 1 fully saturated rings. The lowest BCUT2D eigenvalue weighted by Crippen LogP contribution is -2.27. The fraction of sp³-hybridized carbons (Fsp3) is 0.548. The number of benzene rings is 4. The average molecular weight is 931 g/mol. The minimum atomic E-state index is -0.749. The smallest absolute Gasteiger partial charge is 0.163 e. The van der Waals surface area contributed by atoms with Crippen LogP contribution in [0, 0.1) is 27.7 Å². The second-order valence-corrected chi connectivity index (χ2v) is 20.0. The van der Waals surface area contributed by atoms with Crippen LogP contribution in [0.25, 0.3) is 11.1 Å². The largest absolute Gasteiger partial charge is 0.508 e. The molecule has 6 nitrogen and oxygen atoms in total. The molecule has 1 atom stereocenters. The molecule has 0 unspecified atom stereocenters. The zero-order chi connectivity index (χ0) is 50.7. The molecule has 0 spiro atoms. The molecule has 0 bridgehead atoms. The van der Waals surface area contributed by atoms with Gasteiger partial charge in [0.2, 0.25) is 0 Å². The number of aromatic hydroxyl groups is 1. The Morgan fingerprint density at radius 2 is 0.941 bits per heavy atom. The van der Waals surface area contributed by atoms with E-state index < -0.39 is 17.0 Å². The van der Waals surface area contributed by atoms with Crippen molar-refractivity contribution in [2.75, 3.05) is 13.2 Å². The van der Waals surface area contributed by atoms with Gasteiger partial charge in [0.1, 0.15) is 24.2 Å². The lowest BCUT2D eigenvalue weighted by molar-refractivity contribution is -0.141. The second kappa shape index (κ2) is 24.1. The molecule has 1 heterocycles. The molecule has 0 radical (unpaired) electrons. The molecular weight excluding hydrogens is 841 g/mol. The highest BCUT2D eigenvalue weighted by Gasteiger charge is 2.35. The van der Waals surface area contributed by atoms with Gasteiger partial charge in [0, 0.05) is 10.8 Å². The fourth-order valence-corrected chi connectivity index (χ4v) is 10.5. The molecule has 6 heteroatoms. The zero-order valence-electron chi connectivity index (χ0n) is 45.2. The normalized spacial score (nSPS) is 15.9. The van der Waals surface area contributed by atoms with E-state index >= 15 is 0 Å². The van der Waals surface area contributed by atoms with E-state index in [0.29, 0.717) is 19.0 Å². The van der Waals surface area contributed by atoms with Crippen molar-refractivity contribution in [2.45, 2.75) is 209 Å². The van der Waals surface area contributed by atoms with Crippen LogP contribution in [-0.2, 0) is 20.3 Å². The quantitative estimate of drug-likeness (QED) is 0.0771. The Balaban J connectivity index is 0.000000305. The molecule has 1 aliphatic rings. The molecule has 1 aliphatic heterocycles. The number of hydrogen-bond donors (Lipinski definition) is 3. The van der Waals surface area contributed by atoms with Crippen molar-refractivity contribution < 1.29 is 29.5 Å². The summed E-state index contributed by atoms with van der Waals surface area (Å²) in [6.07, 6.45) is 12.8. The summed E-state index contributed by atoms with van der Waals surface area (Å²) in [7, 11) is 0. The first-order valence-corrected chi connectivity index (χ1v) is 26.1. The molecule has 0 saturated carbocycles. The third-order valence-electron chi connectivity index (χ3n) is 15.7. The Labute approximate surface area is 413 Å². The van der Waals surface area contributed by atoms with Crippen molar-refractivity contribution in [3.05, 3.63) is 141 Å². The van der Waals surface area contributed by atoms with Gasteiger partial charge < -0.3 is 29.5 Å².